The quantitative estimate of drug-likeness (QED) is 0.172. The van der Waals surface area contributed by atoms with Crippen molar-refractivity contribution in [2.75, 3.05) is 6.61 Å². The average Bonchev–Trinajstić information content (AvgIpc) is 3.21. The van der Waals surface area contributed by atoms with E-state index < -0.39 is 5.97 Å². The van der Waals surface area contributed by atoms with Gasteiger partial charge < -0.3 is 9.14 Å². The Morgan fingerprint density at radius 2 is 1.57 bits per heavy atom. The van der Waals surface area contributed by atoms with Gasteiger partial charge in [0, 0.05) is 17.5 Å². The Hall–Kier alpha value is -3.48. The third-order valence-corrected chi connectivity index (χ3v) is 7.99. The predicted octanol–water partition coefficient (Wildman–Crippen LogP) is 7.49. The normalized spacial score (nSPS) is 11.1. The van der Waals surface area contributed by atoms with Crippen LogP contribution in [0.4, 0.5) is 0 Å². The second-order valence-corrected chi connectivity index (χ2v) is 9.83. The van der Waals surface area contributed by atoms with E-state index in [2.05, 4.69) is 30.3 Å². The van der Waals surface area contributed by atoms with Gasteiger partial charge in [0.25, 0.3) is 0 Å². The van der Waals surface area contributed by atoms with E-state index in [4.69, 9.17) is 4.74 Å². The molecule has 35 heavy (non-hydrogen) atoms. The van der Waals surface area contributed by atoms with Crippen LogP contribution in [0.15, 0.2) is 107 Å². The van der Waals surface area contributed by atoms with Gasteiger partial charge in [0.15, 0.2) is 0 Å². The van der Waals surface area contributed by atoms with Crippen molar-refractivity contribution in [1.29, 1.82) is 0 Å². The molecule has 0 N–H and O–H groups in total. The van der Waals surface area contributed by atoms with Gasteiger partial charge in [0.2, 0.25) is 5.12 Å². The summed E-state index contributed by atoms with van der Waals surface area (Å²) < 4.78 is 7.27. The molecule has 0 aliphatic carbocycles. The lowest BCUT2D eigenvalue weighted by molar-refractivity contribution is 0.0513. The van der Waals surface area contributed by atoms with Gasteiger partial charge in [-0.1, -0.05) is 78.9 Å². The van der Waals surface area contributed by atoms with E-state index in [-0.39, 0.29) is 11.7 Å². The molecular formula is C29H23NO3S2. The number of esters is 1. The van der Waals surface area contributed by atoms with Crippen molar-refractivity contribution >= 4 is 50.9 Å². The molecule has 0 fully saturated rings. The van der Waals surface area contributed by atoms with Gasteiger partial charge in [-0.3, -0.25) is 4.79 Å². The molecule has 3 aromatic carbocycles. The Labute approximate surface area is 212 Å². The molecule has 0 atom stereocenters. The second-order valence-electron chi connectivity index (χ2n) is 7.87. The van der Waals surface area contributed by atoms with Crippen molar-refractivity contribution in [3.63, 3.8) is 0 Å². The molecule has 5 rings (SSSR count). The Morgan fingerprint density at radius 1 is 0.829 bits per heavy atom. The van der Waals surface area contributed by atoms with Crippen molar-refractivity contribution in [2.24, 2.45) is 0 Å². The summed E-state index contributed by atoms with van der Waals surface area (Å²) in [5.74, 6) is 0.255. The summed E-state index contributed by atoms with van der Waals surface area (Å²) in [6.07, 6.45) is 1.85. The Balaban J connectivity index is 1.60. The minimum Gasteiger partial charge on any atom is -0.461 e. The summed E-state index contributed by atoms with van der Waals surface area (Å²) in [5.41, 5.74) is 3.06. The molecule has 0 bridgehead atoms. The van der Waals surface area contributed by atoms with E-state index >= 15 is 0 Å². The fourth-order valence-electron chi connectivity index (χ4n) is 4.07. The van der Waals surface area contributed by atoms with Crippen molar-refractivity contribution in [3.05, 3.63) is 114 Å². The number of hydrogen-bond donors (Lipinski definition) is 0. The Morgan fingerprint density at radius 3 is 2.40 bits per heavy atom. The lowest BCUT2D eigenvalue weighted by atomic mass is 10.1. The van der Waals surface area contributed by atoms with Crippen LogP contribution < -0.4 is 0 Å². The summed E-state index contributed by atoms with van der Waals surface area (Å²) in [6, 6.07) is 29.5. The average molecular weight is 498 g/mol. The summed E-state index contributed by atoms with van der Waals surface area (Å²) in [4.78, 5) is 27.8. The standard InChI is InChI=1S/C29H23NO3S2/c1-2-33-28(31)25-27(34-19-22-15-10-14-20-11-6-7-16-23(20)22)26(24-17-8-9-18-30(24)25)35-29(32)21-12-4-3-5-13-21/h3-18H,2,19H2,1H3. The highest BCUT2D eigenvalue weighted by Gasteiger charge is 2.27. The van der Waals surface area contributed by atoms with Crippen LogP contribution in [0.1, 0.15) is 33.3 Å². The van der Waals surface area contributed by atoms with E-state index in [1.165, 1.54) is 16.3 Å². The van der Waals surface area contributed by atoms with E-state index in [1.54, 1.807) is 18.7 Å². The summed E-state index contributed by atoms with van der Waals surface area (Å²) >= 11 is 2.72. The van der Waals surface area contributed by atoms with Gasteiger partial charge in [-0.05, 0) is 47.2 Å². The highest BCUT2D eigenvalue weighted by molar-refractivity contribution is 8.14. The van der Waals surface area contributed by atoms with Crippen molar-refractivity contribution < 1.29 is 14.3 Å². The van der Waals surface area contributed by atoms with Crippen molar-refractivity contribution in [2.45, 2.75) is 22.5 Å². The molecule has 0 spiro atoms. The number of fused-ring (bicyclic) bond motifs is 2. The van der Waals surface area contributed by atoms with Crippen molar-refractivity contribution in [3.8, 4) is 0 Å². The molecule has 5 aromatic rings. The highest BCUT2D eigenvalue weighted by atomic mass is 32.2. The maximum Gasteiger partial charge on any atom is 0.356 e. The zero-order chi connectivity index (χ0) is 24.2. The van der Waals surface area contributed by atoms with Gasteiger partial charge in [-0.2, -0.15) is 0 Å². The van der Waals surface area contributed by atoms with Crippen LogP contribution in [0, 0.1) is 0 Å². The van der Waals surface area contributed by atoms with Crippen LogP contribution in [0.2, 0.25) is 0 Å². The van der Waals surface area contributed by atoms with Crippen LogP contribution in [-0.2, 0) is 10.5 Å². The molecule has 4 nitrogen and oxygen atoms in total. The molecule has 6 heteroatoms. The lowest BCUT2D eigenvalue weighted by Crippen LogP contribution is -2.09. The molecule has 174 valence electrons. The first-order chi connectivity index (χ1) is 17.2. The van der Waals surface area contributed by atoms with E-state index in [0.717, 1.165) is 27.1 Å². The number of carbonyl (C=O) groups is 2. The largest absolute Gasteiger partial charge is 0.461 e. The first-order valence-electron chi connectivity index (χ1n) is 11.3. The number of thioether (sulfide) groups is 2. The second kappa shape index (κ2) is 10.4. The first kappa shape index (κ1) is 23.3. The van der Waals surface area contributed by atoms with Gasteiger partial charge in [-0.15, -0.1) is 11.8 Å². The monoisotopic (exact) mass is 497 g/mol. The third kappa shape index (κ3) is 4.72. The van der Waals surface area contributed by atoms with E-state index in [9.17, 15) is 9.59 Å². The number of aromatic nitrogens is 1. The molecule has 0 unspecified atom stereocenters. The van der Waals surface area contributed by atoms with Crippen LogP contribution in [0.5, 0.6) is 0 Å². The van der Waals surface area contributed by atoms with Gasteiger partial charge in [0.05, 0.1) is 21.9 Å². The topological polar surface area (TPSA) is 47.8 Å². The number of carbonyl (C=O) groups excluding carboxylic acids is 2. The van der Waals surface area contributed by atoms with Crippen LogP contribution in [-0.4, -0.2) is 22.1 Å². The fourth-order valence-corrected chi connectivity index (χ4v) is 6.38. The molecule has 0 saturated heterocycles. The maximum absolute atomic E-state index is 13.2. The zero-order valence-electron chi connectivity index (χ0n) is 19.1. The predicted molar refractivity (Wildman–Crippen MR) is 143 cm³/mol. The van der Waals surface area contributed by atoms with Crippen LogP contribution in [0.3, 0.4) is 0 Å². The number of nitrogens with zero attached hydrogens (tertiary/aromatic N) is 1. The van der Waals surface area contributed by atoms with E-state index in [0.29, 0.717) is 17.0 Å². The van der Waals surface area contributed by atoms with E-state index in [1.807, 2.05) is 71.3 Å². The van der Waals surface area contributed by atoms with Gasteiger partial charge in [0.1, 0.15) is 5.69 Å². The van der Waals surface area contributed by atoms with Crippen molar-refractivity contribution in [1.82, 2.24) is 4.40 Å². The number of pyridine rings is 1. The summed E-state index contributed by atoms with van der Waals surface area (Å²) in [7, 11) is 0. The van der Waals surface area contributed by atoms with Gasteiger partial charge in [-0.25, -0.2) is 4.79 Å². The SMILES string of the molecule is CCOC(=O)c1c(SCc2cccc3ccccc23)c(SC(=O)c2ccccc2)c2ccccn12. The Kier molecular flexibility index (Phi) is 6.93. The summed E-state index contributed by atoms with van der Waals surface area (Å²) in [5, 5.41) is 2.29. The maximum atomic E-state index is 13.2. The Bertz CT molecular complexity index is 1520. The molecule has 0 saturated carbocycles. The minimum absolute atomic E-state index is 0.0654. The fraction of sp³-hybridized carbons (Fsp3) is 0.103. The van der Waals surface area contributed by atoms with Crippen LogP contribution >= 0.6 is 23.5 Å². The van der Waals surface area contributed by atoms with Crippen LogP contribution in [0.25, 0.3) is 16.3 Å². The molecule has 0 aliphatic rings. The molecule has 2 heterocycles. The molecule has 0 amide bonds. The highest BCUT2D eigenvalue weighted by Crippen LogP contribution is 2.42. The third-order valence-electron chi connectivity index (χ3n) is 5.68. The number of ether oxygens (including phenoxy) is 1. The molecule has 2 aromatic heterocycles. The first-order valence-corrected chi connectivity index (χ1v) is 13.1. The number of hydrogen-bond acceptors (Lipinski definition) is 5. The number of rotatable bonds is 7. The molecule has 0 aliphatic heterocycles. The zero-order valence-corrected chi connectivity index (χ0v) is 20.8. The number of benzene rings is 3. The van der Waals surface area contributed by atoms with Gasteiger partial charge >= 0.3 is 5.97 Å². The minimum atomic E-state index is -0.395. The lowest BCUT2D eigenvalue weighted by Gasteiger charge is -2.09. The smallest absolute Gasteiger partial charge is 0.356 e. The molecule has 0 radical (unpaired) electrons. The molecular weight excluding hydrogens is 474 g/mol. The summed E-state index contributed by atoms with van der Waals surface area (Å²) in [6.45, 7) is 2.07.